The summed E-state index contributed by atoms with van der Waals surface area (Å²) < 4.78 is 2.23. The van der Waals surface area contributed by atoms with Crippen LogP contribution in [-0.4, -0.2) is 27.3 Å². The fourth-order valence-corrected chi connectivity index (χ4v) is 4.52. The lowest BCUT2D eigenvalue weighted by Gasteiger charge is -2.14. The Labute approximate surface area is 159 Å². The van der Waals surface area contributed by atoms with Crippen LogP contribution in [-0.2, 0) is 4.79 Å². The maximum absolute atomic E-state index is 13.0. The van der Waals surface area contributed by atoms with Gasteiger partial charge in [0.15, 0.2) is 5.16 Å². The summed E-state index contributed by atoms with van der Waals surface area (Å²) in [7, 11) is 0. The van der Waals surface area contributed by atoms with Crippen molar-refractivity contribution in [1.29, 1.82) is 0 Å². The van der Waals surface area contributed by atoms with Crippen LogP contribution in [0.3, 0.4) is 0 Å². The van der Waals surface area contributed by atoms with Gasteiger partial charge in [0, 0.05) is 6.04 Å². The molecule has 0 bridgehead atoms. The van der Waals surface area contributed by atoms with Crippen LogP contribution >= 0.6 is 23.1 Å². The lowest BCUT2D eigenvalue weighted by Crippen LogP contribution is -2.35. The molecule has 2 heterocycles. The fraction of sp³-hybridized carbons (Fsp3) is 0.316. The van der Waals surface area contributed by atoms with Crippen LogP contribution in [0.25, 0.3) is 15.9 Å². The van der Waals surface area contributed by atoms with Gasteiger partial charge in [-0.25, -0.2) is 4.98 Å². The third kappa shape index (κ3) is 3.54. The van der Waals surface area contributed by atoms with E-state index in [9.17, 15) is 9.59 Å². The minimum atomic E-state index is -0.0922. The number of nitrogens with one attached hydrogen (secondary N) is 1. The molecule has 1 aliphatic carbocycles. The number of rotatable bonds is 6. The molecule has 5 nitrogen and oxygen atoms in total. The van der Waals surface area contributed by atoms with Crippen molar-refractivity contribution in [3.05, 3.63) is 52.1 Å². The van der Waals surface area contributed by atoms with Gasteiger partial charge in [0.25, 0.3) is 5.56 Å². The van der Waals surface area contributed by atoms with Gasteiger partial charge in [0.2, 0.25) is 5.91 Å². The molecular formula is C19H19N3O2S2. The molecule has 1 aromatic carbocycles. The third-order valence-corrected chi connectivity index (χ3v) is 6.34. The number of nitrogens with zero attached hydrogens (tertiary/aromatic N) is 2. The minimum absolute atomic E-state index is 0.0197. The van der Waals surface area contributed by atoms with Gasteiger partial charge in [-0.05, 0) is 49.3 Å². The van der Waals surface area contributed by atoms with E-state index in [0.717, 1.165) is 5.69 Å². The van der Waals surface area contributed by atoms with E-state index < -0.39 is 0 Å². The molecule has 134 valence electrons. The van der Waals surface area contributed by atoms with Gasteiger partial charge in [0.05, 0.1) is 17.0 Å². The van der Waals surface area contributed by atoms with Crippen LogP contribution in [0, 0.1) is 5.92 Å². The second-order valence-corrected chi connectivity index (χ2v) is 8.35. The lowest BCUT2D eigenvalue weighted by atomic mass is 10.2. The van der Waals surface area contributed by atoms with Crippen molar-refractivity contribution in [3.63, 3.8) is 0 Å². The summed E-state index contributed by atoms with van der Waals surface area (Å²) in [6.07, 6.45) is 2.39. The van der Waals surface area contributed by atoms with Crippen LogP contribution in [0.1, 0.15) is 19.8 Å². The molecule has 7 heteroatoms. The normalized spacial score (nSPS) is 15.1. The van der Waals surface area contributed by atoms with Gasteiger partial charge >= 0.3 is 0 Å². The van der Waals surface area contributed by atoms with E-state index >= 15 is 0 Å². The number of thioether (sulfide) groups is 1. The fourth-order valence-electron chi connectivity index (χ4n) is 2.93. The molecule has 1 atom stereocenters. The maximum atomic E-state index is 13.0. The summed E-state index contributed by atoms with van der Waals surface area (Å²) in [4.78, 5) is 29.8. The molecule has 1 saturated carbocycles. The molecule has 0 radical (unpaired) electrons. The molecule has 2 aromatic heterocycles. The summed E-state index contributed by atoms with van der Waals surface area (Å²) in [5.41, 5.74) is 1.35. The topological polar surface area (TPSA) is 64.0 Å². The Bertz CT molecular complexity index is 993. The first-order valence-electron chi connectivity index (χ1n) is 8.61. The molecule has 3 aromatic rings. The van der Waals surface area contributed by atoms with E-state index in [1.54, 1.807) is 4.57 Å². The quantitative estimate of drug-likeness (QED) is 0.521. The average molecular weight is 386 g/mol. The third-order valence-electron chi connectivity index (χ3n) is 4.51. The number of carbonyl (C=O) groups excluding carboxylic acids is 1. The van der Waals surface area contributed by atoms with Crippen molar-refractivity contribution in [3.8, 4) is 5.69 Å². The van der Waals surface area contributed by atoms with Crippen molar-refractivity contribution in [2.75, 3.05) is 5.75 Å². The van der Waals surface area contributed by atoms with Gasteiger partial charge < -0.3 is 5.32 Å². The maximum Gasteiger partial charge on any atom is 0.276 e. The van der Waals surface area contributed by atoms with Crippen LogP contribution in [0.2, 0.25) is 0 Å². The molecule has 0 aliphatic heterocycles. The molecule has 1 N–H and O–H groups in total. The Morgan fingerprint density at radius 2 is 2.12 bits per heavy atom. The number of thiophene rings is 1. The number of fused-ring (bicyclic) bond motifs is 1. The van der Waals surface area contributed by atoms with E-state index in [0.29, 0.717) is 21.3 Å². The van der Waals surface area contributed by atoms with Gasteiger partial charge in [-0.3, -0.25) is 14.2 Å². The van der Waals surface area contributed by atoms with Crippen LogP contribution in [0.4, 0.5) is 0 Å². The first kappa shape index (κ1) is 17.3. The van der Waals surface area contributed by atoms with Gasteiger partial charge in [-0.15, -0.1) is 11.3 Å². The van der Waals surface area contributed by atoms with Crippen molar-refractivity contribution in [2.45, 2.75) is 31.0 Å². The molecule has 0 unspecified atom stereocenters. The largest absolute Gasteiger partial charge is 0.353 e. The highest BCUT2D eigenvalue weighted by Crippen LogP contribution is 2.32. The van der Waals surface area contributed by atoms with Gasteiger partial charge in [-0.1, -0.05) is 30.0 Å². The van der Waals surface area contributed by atoms with Crippen LogP contribution in [0.15, 0.2) is 51.7 Å². The average Bonchev–Trinajstić information content (AvgIpc) is 3.39. The van der Waals surface area contributed by atoms with Gasteiger partial charge in [-0.2, -0.15) is 0 Å². The van der Waals surface area contributed by atoms with Crippen molar-refractivity contribution in [2.24, 2.45) is 5.92 Å². The molecule has 0 spiro atoms. The number of benzene rings is 1. The number of aromatic nitrogens is 2. The summed E-state index contributed by atoms with van der Waals surface area (Å²) in [5, 5.41) is 5.46. The van der Waals surface area contributed by atoms with Crippen LogP contribution < -0.4 is 10.9 Å². The molecule has 4 rings (SSSR count). The molecule has 1 amide bonds. The van der Waals surface area contributed by atoms with E-state index in [1.807, 2.05) is 41.8 Å². The van der Waals surface area contributed by atoms with Crippen LogP contribution in [0.5, 0.6) is 0 Å². The molecule has 26 heavy (non-hydrogen) atoms. The number of para-hydroxylation sites is 1. The standard InChI is InChI=1S/C19H19N3O2S2/c1-12(13-7-8-13)20-16(23)11-26-19-21-15-9-10-25-17(15)18(24)22(19)14-5-3-2-4-6-14/h2-6,9-10,12-13H,7-8,11H2,1H3,(H,20,23)/t12-/m0/s1. The SMILES string of the molecule is C[C@H](NC(=O)CSc1nc2ccsc2c(=O)n1-c1ccccc1)C1CC1. The van der Waals surface area contributed by atoms with E-state index in [-0.39, 0.29) is 23.3 Å². The Kier molecular flexibility index (Phi) is 4.82. The summed E-state index contributed by atoms with van der Waals surface area (Å²) in [6.45, 7) is 2.05. The zero-order valence-electron chi connectivity index (χ0n) is 14.3. The first-order valence-corrected chi connectivity index (χ1v) is 10.5. The summed E-state index contributed by atoms with van der Waals surface area (Å²) >= 11 is 2.69. The Balaban J connectivity index is 1.63. The monoisotopic (exact) mass is 385 g/mol. The molecule has 1 aliphatic rings. The van der Waals surface area contributed by atoms with Gasteiger partial charge in [0.1, 0.15) is 4.70 Å². The smallest absolute Gasteiger partial charge is 0.276 e. The van der Waals surface area contributed by atoms with Crippen molar-refractivity contribution >= 4 is 39.2 Å². The first-order chi connectivity index (χ1) is 12.6. The second kappa shape index (κ2) is 7.25. The Morgan fingerprint density at radius 3 is 2.85 bits per heavy atom. The Hall–Kier alpha value is -2.12. The van der Waals surface area contributed by atoms with E-state index in [4.69, 9.17) is 0 Å². The number of carbonyl (C=O) groups is 1. The number of amides is 1. The summed E-state index contributed by atoms with van der Waals surface area (Å²) in [6, 6.07) is 11.5. The van der Waals surface area contributed by atoms with Crippen molar-refractivity contribution in [1.82, 2.24) is 14.9 Å². The number of hydrogen-bond donors (Lipinski definition) is 1. The summed E-state index contributed by atoms with van der Waals surface area (Å²) in [5.74, 6) is 0.840. The van der Waals surface area contributed by atoms with E-state index in [1.165, 1.54) is 35.9 Å². The zero-order valence-corrected chi connectivity index (χ0v) is 16.0. The lowest BCUT2D eigenvalue weighted by molar-refractivity contribution is -0.119. The minimum Gasteiger partial charge on any atom is -0.353 e. The highest BCUT2D eigenvalue weighted by atomic mass is 32.2. The van der Waals surface area contributed by atoms with E-state index in [2.05, 4.69) is 17.2 Å². The Morgan fingerprint density at radius 1 is 1.35 bits per heavy atom. The van der Waals surface area contributed by atoms with Crippen molar-refractivity contribution < 1.29 is 4.79 Å². The number of hydrogen-bond acceptors (Lipinski definition) is 5. The highest BCUT2D eigenvalue weighted by Gasteiger charge is 2.28. The predicted molar refractivity (Wildman–Crippen MR) is 106 cm³/mol. The highest BCUT2D eigenvalue weighted by molar-refractivity contribution is 7.99. The molecule has 0 saturated heterocycles. The zero-order chi connectivity index (χ0) is 18.1. The predicted octanol–water partition coefficient (Wildman–Crippen LogP) is 3.45. The second-order valence-electron chi connectivity index (χ2n) is 6.49. The molecular weight excluding hydrogens is 366 g/mol. The molecule has 1 fully saturated rings.